The number of aromatic nitrogens is 1. The topological polar surface area (TPSA) is 103 Å². The normalized spacial score (nSPS) is 11.2. The van der Waals surface area contributed by atoms with Crippen LogP contribution in [0.15, 0.2) is 76.4 Å². The summed E-state index contributed by atoms with van der Waals surface area (Å²) in [7, 11) is 0. The number of rotatable bonds is 5. The number of carbonyl (C=O) groups is 1. The Morgan fingerprint density at radius 1 is 1.17 bits per heavy atom. The van der Waals surface area contributed by atoms with Gasteiger partial charge >= 0.3 is 5.91 Å². The van der Waals surface area contributed by atoms with Gasteiger partial charge in [0.2, 0.25) is 0 Å². The third-order valence-corrected chi connectivity index (χ3v) is 4.18. The zero-order valence-electron chi connectivity index (χ0n) is 14.8. The molecule has 8 nitrogen and oxygen atoms in total. The molecule has 4 rings (SSSR count). The SMILES string of the molecule is O=C(N/N=C\c1cccn1-c1ccc(F)cc1)c1cc2cc([N+](=O)[O-])ccc2o1. The molecule has 0 aliphatic carbocycles. The van der Waals surface area contributed by atoms with Crippen molar-refractivity contribution in [2.45, 2.75) is 0 Å². The molecule has 4 aromatic rings. The van der Waals surface area contributed by atoms with Gasteiger partial charge in [0.1, 0.15) is 11.4 Å². The van der Waals surface area contributed by atoms with Gasteiger partial charge < -0.3 is 8.98 Å². The zero-order chi connectivity index (χ0) is 20.4. The zero-order valence-corrected chi connectivity index (χ0v) is 14.8. The third-order valence-electron chi connectivity index (χ3n) is 4.18. The highest BCUT2D eigenvalue weighted by Crippen LogP contribution is 2.24. The predicted octanol–water partition coefficient (Wildman–Crippen LogP) is 4.03. The summed E-state index contributed by atoms with van der Waals surface area (Å²) in [5.41, 5.74) is 4.02. The summed E-state index contributed by atoms with van der Waals surface area (Å²) in [5, 5.41) is 15.2. The Morgan fingerprint density at radius 3 is 2.72 bits per heavy atom. The fourth-order valence-corrected chi connectivity index (χ4v) is 2.80. The van der Waals surface area contributed by atoms with E-state index in [0.29, 0.717) is 16.7 Å². The first-order valence-corrected chi connectivity index (χ1v) is 8.46. The second-order valence-electron chi connectivity index (χ2n) is 6.07. The van der Waals surface area contributed by atoms with Crippen molar-refractivity contribution in [3.63, 3.8) is 0 Å². The number of hydrazone groups is 1. The number of nitro benzene ring substituents is 1. The van der Waals surface area contributed by atoms with Crippen LogP contribution in [0.2, 0.25) is 0 Å². The average molecular weight is 392 g/mol. The summed E-state index contributed by atoms with van der Waals surface area (Å²) >= 11 is 0. The smallest absolute Gasteiger partial charge is 0.307 e. The molecule has 2 aromatic heterocycles. The number of amides is 1. The van der Waals surface area contributed by atoms with Crippen molar-refractivity contribution < 1.29 is 18.5 Å². The Bertz CT molecular complexity index is 1240. The van der Waals surface area contributed by atoms with E-state index in [1.54, 1.807) is 35.0 Å². The van der Waals surface area contributed by atoms with Crippen LogP contribution < -0.4 is 5.43 Å². The molecule has 0 saturated heterocycles. The van der Waals surface area contributed by atoms with Crippen LogP contribution in [-0.2, 0) is 0 Å². The molecule has 0 fully saturated rings. The molecule has 2 aromatic carbocycles. The molecule has 29 heavy (non-hydrogen) atoms. The minimum Gasteiger partial charge on any atom is -0.451 e. The molecular weight excluding hydrogens is 379 g/mol. The lowest BCUT2D eigenvalue weighted by molar-refractivity contribution is -0.384. The van der Waals surface area contributed by atoms with E-state index in [1.165, 1.54) is 42.6 Å². The number of nitrogens with zero attached hydrogens (tertiary/aromatic N) is 3. The monoisotopic (exact) mass is 392 g/mol. The van der Waals surface area contributed by atoms with E-state index in [-0.39, 0.29) is 17.3 Å². The third kappa shape index (κ3) is 3.74. The molecule has 144 valence electrons. The van der Waals surface area contributed by atoms with Gasteiger partial charge in [0.25, 0.3) is 5.69 Å². The molecule has 0 bridgehead atoms. The van der Waals surface area contributed by atoms with Gasteiger partial charge in [-0.3, -0.25) is 14.9 Å². The van der Waals surface area contributed by atoms with Gasteiger partial charge in [-0.05, 0) is 48.5 Å². The molecule has 1 N–H and O–H groups in total. The first kappa shape index (κ1) is 18.1. The van der Waals surface area contributed by atoms with E-state index >= 15 is 0 Å². The van der Waals surface area contributed by atoms with Crippen LogP contribution in [0.25, 0.3) is 16.7 Å². The molecule has 0 aliphatic rings. The number of hydrogen-bond donors (Lipinski definition) is 1. The van der Waals surface area contributed by atoms with Crippen LogP contribution in [0.4, 0.5) is 10.1 Å². The summed E-state index contributed by atoms with van der Waals surface area (Å²) in [6, 6.07) is 15.0. The van der Waals surface area contributed by atoms with Gasteiger partial charge in [-0.25, -0.2) is 9.82 Å². The number of nitrogens with one attached hydrogen (secondary N) is 1. The van der Waals surface area contributed by atoms with Gasteiger partial charge in [-0.2, -0.15) is 5.10 Å². The van der Waals surface area contributed by atoms with Crippen molar-refractivity contribution in [3.8, 4) is 5.69 Å². The molecule has 0 unspecified atom stereocenters. The van der Waals surface area contributed by atoms with Crippen LogP contribution in [0, 0.1) is 15.9 Å². The number of benzene rings is 2. The van der Waals surface area contributed by atoms with Crippen molar-refractivity contribution in [2.24, 2.45) is 5.10 Å². The minimum atomic E-state index is -0.597. The second kappa shape index (κ2) is 7.39. The highest BCUT2D eigenvalue weighted by molar-refractivity contribution is 5.96. The number of fused-ring (bicyclic) bond motifs is 1. The quantitative estimate of drug-likeness (QED) is 0.315. The predicted molar refractivity (Wildman–Crippen MR) is 104 cm³/mol. The molecule has 1 amide bonds. The van der Waals surface area contributed by atoms with Gasteiger partial charge in [-0.15, -0.1) is 0 Å². The first-order valence-electron chi connectivity index (χ1n) is 8.46. The second-order valence-corrected chi connectivity index (χ2v) is 6.07. The Kier molecular flexibility index (Phi) is 4.62. The fourth-order valence-electron chi connectivity index (χ4n) is 2.80. The van der Waals surface area contributed by atoms with Crippen LogP contribution in [0.5, 0.6) is 0 Å². The van der Waals surface area contributed by atoms with E-state index in [4.69, 9.17) is 4.42 Å². The van der Waals surface area contributed by atoms with E-state index in [1.807, 2.05) is 0 Å². The number of non-ortho nitro benzene ring substituents is 1. The largest absolute Gasteiger partial charge is 0.451 e. The van der Waals surface area contributed by atoms with Crippen molar-refractivity contribution in [1.29, 1.82) is 0 Å². The summed E-state index contributed by atoms with van der Waals surface area (Å²) in [4.78, 5) is 22.6. The summed E-state index contributed by atoms with van der Waals surface area (Å²) in [6.45, 7) is 0. The Labute approximate surface area is 163 Å². The Balaban J connectivity index is 1.49. The molecule has 9 heteroatoms. The van der Waals surface area contributed by atoms with Crippen LogP contribution in [0.3, 0.4) is 0 Å². The van der Waals surface area contributed by atoms with Crippen LogP contribution in [-0.4, -0.2) is 21.6 Å². The van der Waals surface area contributed by atoms with Crippen LogP contribution in [0.1, 0.15) is 16.2 Å². The number of nitro groups is 1. The van der Waals surface area contributed by atoms with E-state index in [0.717, 1.165) is 5.69 Å². The van der Waals surface area contributed by atoms with Crippen molar-refractivity contribution in [1.82, 2.24) is 9.99 Å². The minimum absolute atomic E-state index is 0.0217. The van der Waals surface area contributed by atoms with Crippen molar-refractivity contribution >= 4 is 28.8 Å². The summed E-state index contributed by atoms with van der Waals surface area (Å²) in [6.07, 6.45) is 3.22. The number of furan rings is 1. The lowest BCUT2D eigenvalue weighted by Gasteiger charge is -2.05. The lowest BCUT2D eigenvalue weighted by atomic mass is 10.2. The van der Waals surface area contributed by atoms with E-state index in [2.05, 4.69) is 10.5 Å². The van der Waals surface area contributed by atoms with Gasteiger partial charge in [-0.1, -0.05) is 0 Å². The van der Waals surface area contributed by atoms with Crippen molar-refractivity contribution in [2.75, 3.05) is 0 Å². The molecule has 0 atom stereocenters. The highest BCUT2D eigenvalue weighted by Gasteiger charge is 2.14. The fraction of sp³-hybridized carbons (Fsp3) is 0. The van der Waals surface area contributed by atoms with Crippen LogP contribution >= 0.6 is 0 Å². The molecule has 0 spiro atoms. The van der Waals surface area contributed by atoms with Crippen molar-refractivity contribution in [3.05, 3.63) is 94.2 Å². The molecule has 2 heterocycles. The maximum Gasteiger partial charge on any atom is 0.307 e. The summed E-state index contributed by atoms with van der Waals surface area (Å²) in [5.74, 6) is -0.953. The molecular formula is C20H13FN4O4. The van der Waals surface area contributed by atoms with Gasteiger partial charge in [0.15, 0.2) is 5.76 Å². The Morgan fingerprint density at radius 2 is 1.97 bits per heavy atom. The maximum atomic E-state index is 13.1. The van der Waals surface area contributed by atoms with Gasteiger partial charge in [0, 0.05) is 29.4 Å². The number of carbonyl (C=O) groups excluding carboxylic acids is 1. The highest BCUT2D eigenvalue weighted by atomic mass is 19.1. The molecule has 0 saturated carbocycles. The van der Waals surface area contributed by atoms with E-state index in [9.17, 15) is 19.3 Å². The summed E-state index contributed by atoms with van der Waals surface area (Å²) < 4.78 is 20.3. The first-order chi connectivity index (χ1) is 14.0. The standard InChI is InChI=1S/C20H13FN4O4/c21-14-3-5-15(6-4-14)24-9-1-2-17(24)12-22-23-20(26)19-11-13-10-16(25(27)28)7-8-18(13)29-19/h1-12H,(H,23,26)/b22-12-. The van der Waals surface area contributed by atoms with Gasteiger partial charge in [0.05, 0.1) is 16.8 Å². The molecule has 0 aliphatic heterocycles. The average Bonchev–Trinajstić information content (AvgIpc) is 3.34. The Hall–Kier alpha value is -4.27. The number of hydrogen-bond acceptors (Lipinski definition) is 5. The lowest BCUT2D eigenvalue weighted by Crippen LogP contribution is -2.17. The van der Waals surface area contributed by atoms with E-state index < -0.39 is 10.8 Å². The maximum absolute atomic E-state index is 13.1. The number of halogens is 1. The molecule has 0 radical (unpaired) electrons.